The Hall–Kier alpha value is -2.49. The number of hydrogen-bond acceptors (Lipinski definition) is 3. The highest BCUT2D eigenvalue weighted by Crippen LogP contribution is 2.12. The zero-order chi connectivity index (χ0) is 13.0. The standard InChI is InChI=1S/C14H13N3O/c15-13(9-10-5-7-17-8-6-10)11-3-1-2-4-12(11)14(16)18/h1-8,15H,9H2,(H2,16,18). The summed E-state index contributed by atoms with van der Waals surface area (Å²) in [5.74, 6) is -0.509. The molecule has 4 nitrogen and oxygen atoms in total. The summed E-state index contributed by atoms with van der Waals surface area (Å²) in [6.45, 7) is 0. The molecule has 1 amide bonds. The van der Waals surface area contributed by atoms with Crippen molar-refractivity contribution in [3.63, 3.8) is 0 Å². The van der Waals surface area contributed by atoms with Gasteiger partial charge in [0.05, 0.1) is 0 Å². The third-order valence-electron chi connectivity index (χ3n) is 2.65. The maximum absolute atomic E-state index is 11.3. The Morgan fingerprint density at radius 2 is 1.72 bits per heavy atom. The number of carbonyl (C=O) groups excluding carboxylic acids is 1. The normalized spacial score (nSPS) is 10.0. The van der Waals surface area contributed by atoms with Gasteiger partial charge < -0.3 is 11.1 Å². The second-order valence-electron chi connectivity index (χ2n) is 3.92. The first-order chi connectivity index (χ1) is 8.68. The predicted octanol–water partition coefficient (Wildman–Crippen LogP) is 1.79. The molecule has 1 heterocycles. The monoisotopic (exact) mass is 239 g/mol. The number of nitrogens with one attached hydrogen (secondary N) is 1. The third-order valence-corrected chi connectivity index (χ3v) is 2.65. The van der Waals surface area contributed by atoms with E-state index in [1.54, 1.807) is 36.7 Å². The lowest BCUT2D eigenvalue weighted by Gasteiger charge is -2.08. The molecule has 3 N–H and O–H groups in total. The average molecular weight is 239 g/mol. The van der Waals surface area contributed by atoms with E-state index in [2.05, 4.69) is 4.98 Å². The van der Waals surface area contributed by atoms with E-state index >= 15 is 0 Å². The van der Waals surface area contributed by atoms with Gasteiger partial charge in [-0.25, -0.2) is 0 Å². The first-order valence-electron chi connectivity index (χ1n) is 5.54. The van der Waals surface area contributed by atoms with Crippen molar-refractivity contribution in [1.29, 1.82) is 5.41 Å². The van der Waals surface area contributed by atoms with Crippen molar-refractivity contribution < 1.29 is 4.79 Å². The van der Waals surface area contributed by atoms with Crippen LogP contribution in [0.1, 0.15) is 21.5 Å². The van der Waals surface area contributed by atoms with Crippen LogP contribution in [-0.2, 0) is 6.42 Å². The first kappa shape index (κ1) is 12.0. The number of aromatic nitrogens is 1. The largest absolute Gasteiger partial charge is 0.366 e. The molecule has 1 aromatic heterocycles. The molecule has 0 bridgehead atoms. The number of carbonyl (C=O) groups is 1. The number of hydrogen-bond donors (Lipinski definition) is 2. The smallest absolute Gasteiger partial charge is 0.249 e. The van der Waals surface area contributed by atoms with Gasteiger partial charge in [-0.2, -0.15) is 0 Å². The summed E-state index contributed by atoms with van der Waals surface area (Å²) in [6, 6.07) is 10.6. The molecule has 2 rings (SSSR count). The van der Waals surface area contributed by atoms with E-state index < -0.39 is 5.91 Å². The lowest BCUT2D eigenvalue weighted by atomic mass is 9.98. The van der Waals surface area contributed by atoms with Crippen LogP contribution in [0.3, 0.4) is 0 Å². The van der Waals surface area contributed by atoms with Gasteiger partial charge in [-0.1, -0.05) is 18.2 Å². The number of nitrogens with two attached hydrogens (primary N) is 1. The van der Waals surface area contributed by atoms with Crippen LogP contribution in [0.2, 0.25) is 0 Å². The molecule has 0 saturated heterocycles. The van der Waals surface area contributed by atoms with Crippen LogP contribution in [0.4, 0.5) is 0 Å². The molecule has 0 aliphatic rings. The van der Waals surface area contributed by atoms with Crippen LogP contribution in [0.25, 0.3) is 0 Å². The predicted molar refractivity (Wildman–Crippen MR) is 69.7 cm³/mol. The number of amides is 1. The van der Waals surface area contributed by atoms with Gasteiger partial charge in [0.15, 0.2) is 0 Å². The number of nitrogens with zero attached hydrogens (tertiary/aromatic N) is 1. The zero-order valence-electron chi connectivity index (χ0n) is 9.76. The van der Waals surface area contributed by atoms with E-state index in [1.807, 2.05) is 12.1 Å². The van der Waals surface area contributed by atoms with Gasteiger partial charge in [0.25, 0.3) is 0 Å². The minimum Gasteiger partial charge on any atom is -0.366 e. The second-order valence-corrected chi connectivity index (χ2v) is 3.92. The fraction of sp³-hybridized carbons (Fsp3) is 0.0714. The van der Waals surface area contributed by atoms with E-state index in [1.165, 1.54) is 0 Å². The Bertz CT molecular complexity index is 579. The molecule has 0 atom stereocenters. The summed E-state index contributed by atoms with van der Waals surface area (Å²) in [4.78, 5) is 15.2. The summed E-state index contributed by atoms with van der Waals surface area (Å²) in [7, 11) is 0. The molecule has 0 unspecified atom stereocenters. The van der Waals surface area contributed by atoms with Crippen molar-refractivity contribution in [3.05, 3.63) is 65.5 Å². The van der Waals surface area contributed by atoms with Crippen LogP contribution in [0, 0.1) is 5.41 Å². The summed E-state index contributed by atoms with van der Waals surface area (Å²) in [5.41, 5.74) is 7.62. The van der Waals surface area contributed by atoms with Crippen LogP contribution in [0.5, 0.6) is 0 Å². The number of benzene rings is 1. The molecule has 0 aliphatic carbocycles. The molecule has 0 fully saturated rings. The number of pyridine rings is 1. The SMILES string of the molecule is N=C(Cc1ccncc1)c1ccccc1C(N)=O. The van der Waals surface area contributed by atoms with Gasteiger partial charge in [-0.3, -0.25) is 9.78 Å². The van der Waals surface area contributed by atoms with E-state index in [-0.39, 0.29) is 0 Å². The van der Waals surface area contributed by atoms with E-state index in [0.717, 1.165) is 5.56 Å². The average Bonchev–Trinajstić information content (AvgIpc) is 2.40. The van der Waals surface area contributed by atoms with Gasteiger partial charge in [0, 0.05) is 35.7 Å². The highest BCUT2D eigenvalue weighted by Gasteiger charge is 2.11. The van der Waals surface area contributed by atoms with Gasteiger partial charge in [0.1, 0.15) is 0 Å². The maximum atomic E-state index is 11.3. The lowest BCUT2D eigenvalue weighted by Crippen LogP contribution is -2.17. The van der Waals surface area contributed by atoms with Crippen molar-refractivity contribution in [2.45, 2.75) is 6.42 Å². The highest BCUT2D eigenvalue weighted by molar-refractivity contribution is 6.09. The maximum Gasteiger partial charge on any atom is 0.249 e. The minimum atomic E-state index is -0.509. The Kier molecular flexibility index (Phi) is 3.48. The van der Waals surface area contributed by atoms with Gasteiger partial charge in [0.2, 0.25) is 5.91 Å². The third kappa shape index (κ3) is 2.60. The molecular weight excluding hydrogens is 226 g/mol. The Balaban J connectivity index is 2.27. The van der Waals surface area contributed by atoms with Crippen molar-refractivity contribution in [2.24, 2.45) is 5.73 Å². The molecule has 0 radical (unpaired) electrons. The van der Waals surface area contributed by atoms with Gasteiger partial charge in [-0.15, -0.1) is 0 Å². The van der Waals surface area contributed by atoms with Crippen molar-refractivity contribution >= 4 is 11.6 Å². The lowest BCUT2D eigenvalue weighted by molar-refractivity contribution is 0.1000. The Morgan fingerprint density at radius 1 is 1.11 bits per heavy atom. The Labute approximate surface area is 105 Å². The summed E-state index contributed by atoms with van der Waals surface area (Å²) < 4.78 is 0. The topological polar surface area (TPSA) is 79.8 Å². The number of primary amides is 1. The Morgan fingerprint density at radius 3 is 2.33 bits per heavy atom. The van der Waals surface area contributed by atoms with Gasteiger partial charge >= 0.3 is 0 Å². The fourth-order valence-corrected chi connectivity index (χ4v) is 1.76. The summed E-state index contributed by atoms with van der Waals surface area (Å²) >= 11 is 0. The van der Waals surface area contributed by atoms with Crippen molar-refractivity contribution in [1.82, 2.24) is 4.98 Å². The summed E-state index contributed by atoms with van der Waals surface area (Å²) in [5, 5.41) is 8.07. The molecule has 4 heteroatoms. The minimum absolute atomic E-state index is 0.371. The molecule has 90 valence electrons. The van der Waals surface area contributed by atoms with Crippen LogP contribution >= 0.6 is 0 Å². The first-order valence-corrected chi connectivity index (χ1v) is 5.54. The molecule has 18 heavy (non-hydrogen) atoms. The van der Waals surface area contributed by atoms with Crippen molar-refractivity contribution in [2.75, 3.05) is 0 Å². The van der Waals surface area contributed by atoms with Crippen LogP contribution < -0.4 is 5.73 Å². The van der Waals surface area contributed by atoms with E-state index in [4.69, 9.17) is 11.1 Å². The molecule has 0 aliphatic heterocycles. The zero-order valence-corrected chi connectivity index (χ0v) is 9.76. The quantitative estimate of drug-likeness (QED) is 0.798. The second kappa shape index (κ2) is 5.23. The highest BCUT2D eigenvalue weighted by atomic mass is 16.1. The van der Waals surface area contributed by atoms with E-state index in [0.29, 0.717) is 23.3 Å². The van der Waals surface area contributed by atoms with Crippen LogP contribution in [0.15, 0.2) is 48.8 Å². The molecule has 0 saturated carbocycles. The fourth-order valence-electron chi connectivity index (χ4n) is 1.76. The molecule has 1 aromatic carbocycles. The molecular formula is C14H13N3O. The van der Waals surface area contributed by atoms with Crippen LogP contribution in [-0.4, -0.2) is 16.6 Å². The molecule has 0 spiro atoms. The summed E-state index contributed by atoms with van der Waals surface area (Å²) in [6.07, 6.45) is 3.82. The molecule has 2 aromatic rings. The van der Waals surface area contributed by atoms with Gasteiger partial charge in [-0.05, 0) is 23.8 Å². The van der Waals surface area contributed by atoms with Crippen molar-refractivity contribution in [3.8, 4) is 0 Å². The van der Waals surface area contributed by atoms with E-state index in [9.17, 15) is 4.79 Å². The number of rotatable bonds is 4.